The predicted octanol–water partition coefficient (Wildman–Crippen LogP) is 1.87. The van der Waals surface area contributed by atoms with E-state index in [1.165, 1.54) is 0 Å². The summed E-state index contributed by atoms with van der Waals surface area (Å²) >= 11 is 0. The Morgan fingerprint density at radius 3 is 2.70 bits per heavy atom. The zero-order valence-corrected chi connectivity index (χ0v) is 16.9. The number of carbonyl (C=O) groups is 2. The number of amides is 3. The number of carbonyl (C=O) groups excluding carboxylic acids is 2. The van der Waals surface area contributed by atoms with Crippen LogP contribution in [0.4, 0.5) is 10.5 Å². The Hall–Kier alpha value is -3.10. The van der Waals surface area contributed by atoms with Crippen molar-refractivity contribution in [2.45, 2.75) is 6.42 Å². The summed E-state index contributed by atoms with van der Waals surface area (Å²) in [5.41, 5.74) is 3.34. The van der Waals surface area contributed by atoms with Gasteiger partial charge in [0.05, 0.1) is 19.8 Å². The van der Waals surface area contributed by atoms with Gasteiger partial charge in [-0.05, 0) is 54.5 Å². The lowest BCUT2D eigenvalue weighted by Crippen LogP contribution is -2.38. The highest BCUT2D eigenvalue weighted by Crippen LogP contribution is 2.24. The topological polar surface area (TPSA) is 85.9 Å². The molecule has 3 heterocycles. The highest BCUT2D eigenvalue weighted by molar-refractivity contribution is 5.95. The van der Waals surface area contributed by atoms with Gasteiger partial charge in [-0.15, -0.1) is 0 Å². The molecule has 1 aromatic carbocycles. The van der Waals surface area contributed by atoms with Crippen molar-refractivity contribution in [3.63, 3.8) is 0 Å². The van der Waals surface area contributed by atoms with E-state index in [1.54, 1.807) is 29.2 Å². The predicted molar refractivity (Wildman–Crippen MR) is 115 cm³/mol. The van der Waals surface area contributed by atoms with Crippen molar-refractivity contribution in [2.75, 3.05) is 51.3 Å². The molecule has 1 aromatic rings. The molecular formula is C22H27N5O3. The van der Waals surface area contributed by atoms with Gasteiger partial charge in [0.2, 0.25) is 0 Å². The second kappa shape index (κ2) is 9.60. The van der Waals surface area contributed by atoms with Crippen LogP contribution in [-0.4, -0.2) is 67.7 Å². The minimum absolute atomic E-state index is 0.102. The molecule has 8 nitrogen and oxygen atoms in total. The summed E-state index contributed by atoms with van der Waals surface area (Å²) in [5.74, 6) is -0.102. The van der Waals surface area contributed by atoms with Crippen molar-refractivity contribution in [3.05, 3.63) is 65.7 Å². The van der Waals surface area contributed by atoms with Gasteiger partial charge in [-0.1, -0.05) is 0 Å². The normalized spacial score (nSPS) is 18.2. The Morgan fingerprint density at radius 1 is 1.13 bits per heavy atom. The maximum absolute atomic E-state index is 12.5. The molecule has 158 valence electrons. The zero-order chi connectivity index (χ0) is 20.8. The van der Waals surface area contributed by atoms with Crippen LogP contribution in [0, 0.1) is 0 Å². The standard InChI is InChI=1S/C22H27N5O3/c28-21(24-7-1-9-26-10-12-30-13-11-26)17-2-4-20(5-3-17)25-22(29)27-15-18-6-8-23-14-19(18)16-27/h2-6,8,14-15,23H,1,7,9-13,16H2,(H,24,28)(H,25,29). The Morgan fingerprint density at radius 2 is 1.93 bits per heavy atom. The van der Waals surface area contributed by atoms with Crippen LogP contribution in [0.2, 0.25) is 0 Å². The first kappa shape index (κ1) is 20.2. The van der Waals surface area contributed by atoms with Crippen molar-refractivity contribution in [1.82, 2.24) is 20.4 Å². The van der Waals surface area contributed by atoms with Gasteiger partial charge in [-0.25, -0.2) is 4.79 Å². The van der Waals surface area contributed by atoms with E-state index < -0.39 is 0 Å². The molecule has 3 amide bonds. The molecule has 30 heavy (non-hydrogen) atoms. The highest BCUT2D eigenvalue weighted by atomic mass is 16.5. The van der Waals surface area contributed by atoms with Crippen molar-refractivity contribution < 1.29 is 14.3 Å². The lowest BCUT2D eigenvalue weighted by Gasteiger charge is -2.26. The molecule has 0 aliphatic carbocycles. The van der Waals surface area contributed by atoms with Gasteiger partial charge in [0.1, 0.15) is 0 Å². The number of urea groups is 1. The summed E-state index contributed by atoms with van der Waals surface area (Å²) in [6.07, 6.45) is 8.41. The van der Waals surface area contributed by atoms with Crippen LogP contribution in [0.3, 0.4) is 0 Å². The maximum Gasteiger partial charge on any atom is 0.326 e. The first-order chi connectivity index (χ1) is 14.7. The van der Waals surface area contributed by atoms with Crippen molar-refractivity contribution >= 4 is 17.6 Å². The number of benzene rings is 1. The molecule has 0 saturated carbocycles. The molecule has 0 unspecified atom stereocenters. The summed E-state index contributed by atoms with van der Waals surface area (Å²) in [7, 11) is 0. The average Bonchev–Trinajstić information content (AvgIpc) is 3.22. The number of allylic oxidation sites excluding steroid dienone is 1. The summed E-state index contributed by atoms with van der Waals surface area (Å²) in [4.78, 5) is 28.8. The molecule has 0 aromatic heterocycles. The van der Waals surface area contributed by atoms with Crippen molar-refractivity contribution in [2.24, 2.45) is 0 Å². The highest BCUT2D eigenvalue weighted by Gasteiger charge is 2.22. The summed E-state index contributed by atoms with van der Waals surface area (Å²) < 4.78 is 5.34. The summed E-state index contributed by atoms with van der Waals surface area (Å²) in [6, 6.07) is 6.75. The SMILES string of the molecule is O=C(NCCCN1CCOCC1)c1ccc(NC(=O)N2C=C3C=CNC=C3C2)cc1. The lowest BCUT2D eigenvalue weighted by molar-refractivity contribution is 0.0374. The van der Waals surface area contributed by atoms with Gasteiger partial charge in [-0.3, -0.25) is 14.6 Å². The van der Waals surface area contributed by atoms with E-state index in [0.29, 0.717) is 24.3 Å². The molecule has 3 aliphatic heterocycles. The number of fused-ring (bicyclic) bond motifs is 1. The third kappa shape index (κ3) is 5.08. The fourth-order valence-corrected chi connectivity index (χ4v) is 3.60. The largest absolute Gasteiger partial charge is 0.379 e. The van der Waals surface area contributed by atoms with Gasteiger partial charge >= 0.3 is 6.03 Å². The van der Waals surface area contributed by atoms with Crippen LogP contribution in [0.5, 0.6) is 0 Å². The third-order valence-electron chi connectivity index (χ3n) is 5.32. The number of dihydropyridines is 1. The summed E-state index contributed by atoms with van der Waals surface area (Å²) in [5, 5.41) is 8.85. The number of hydrogen-bond acceptors (Lipinski definition) is 5. The Labute approximate surface area is 176 Å². The van der Waals surface area contributed by atoms with Crippen LogP contribution in [-0.2, 0) is 4.74 Å². The molecule has 8 heteroatoms. The van der Waals surface area contributed by atoms with Crippen LogP contribution in [0.1, 0.15) is 16.8 Å². The average molecular weight is 409 g/mol. The monoisotopic (exact) mass is 409 g/mol. The van der Waals surface area contributed by atoms with Crippen molar-refractivity contribution in [1.29, 1.82) is 0 Å². The number of nitrogens with one attached hydrogen (secondary N) is 3. The second-order valence-corrected chi connectivity index (χ2v) is 7.45. The van der Waals surface area contributed by atoms with Crippen LogP contribution in [0.25, 0.3) is 0 Å². The van der Waals surface area contributed by atoms with E-state index in [4.69, 9.17) is 4.74 Å². The fourth-order valence-electron chi connectivity index (χ4n) is 3.60. The van der Waals surface area contributed by atoms with E-state index in [9.17, 15) is 9.59 Å². The van der Waals surface area contributed by atoms with Gasteiger partial charge in [0, 0.05) is 49.5 Å². The lowest BCUT2D eigenvalue weighted by atomic mass is 10.1. The quantitative estimate of drug-likeness (QED) is 0.625. The first-order valence-electron chi connectivity index (χ1n) is 10.3. The minimum Gasteiger partial charge on any atom is -0.379 e. The third-order valence-corrected chi connectivity index (χ3v) is 5.32. The first-order valence-corrected chi connectivity index (χ1v) is 10.3. The Balaban J connectivity index is 1.21. The molecule has 0 atom stereocenters. The van der Waals surface area contributed by atoms with Gasteiger partial charge in [0.15, 0.2) is 0 Å². The van der Waals surface area contributed by atoms with Crippen molar-refractivity contribution in [3.8, 4) is 0 Å². The Bertz CT molecular complexity index is 869. The molecule has 4 rings (SSSR count). The molecule has 0 spiro atoms. The Kier molecular flexibility index (Phi) is 6.46. The summed E-state index contributed by atoms with van der Waals surface area (Å²) in [6.45, 7) is 5.62. The molecule has 1 saturated heterocycles. The number of ether oxygens (including phenoxy) is 1. The van der Waals surface area contributed by atoms with E-state index in [1.807, 2.05) is 24.7 Å². The van der Waals surface area contributed by atoms with Gasteiger partial charge in [0.25, 0.3) is 5.91 Å². The van der Waals surface area contributed by atoms with Crippen LogP contribution < -0.4 is 16.0 Å². The molecule has 1 fully saturated rings. The van der Waals surface area contributed by atoms with Crippen LogP contribution >= 0.6 is 0 Å². The van der Waals surface area contributed by atoms with Gasteiger partial charge in [-0.2, -0.15) is 0 Å². The molecular weight excluding hydrogens is 382 g/mol. The molecule has 0 bridgehead atoms. The molecule has 0 radical (unpaired) electrons. The van der Waals surface area contributed by atoms with Gasteiger partial charge < -0.3 is 20.7 Å². The van der Waals surface area contributed by atoms with E-state index >= 15 is 0 Å². The second-order valence-electron chi connectivity index (χ2n) is 7.45. The number of morpholine rings is 1. The number of hydrogen-bond donors (Lipinski definition) is 3. The van der Waals surface area contributed by atoms with E-state index in [0.717, 1.165) is 50.4 Å². The number of anilines is 1. The fraction of sp³-hybridized carbons (Fsp3) is 0.364. The van der Waals surface area contributed by atoms with Crippen LogP contribution in [0.15, 0.2) is 60.1 Å². The van der Waals surface area contributed by atoms with E-state index in [-0.39, 0.29) is 11.9 Å². The smallest absolute Gasteiger partial charge is 0.326 e. The number of rotatable bonds is 6. The van der Waals surface area contributed by atoms with E-state index in [2.05, 4.69) is 20.9 Å². The molecule has 3 aliphatic rings. The minimum atomic E-state index is -0.202. The maximum atomic E-state index is 12.5. The number of nitrogens with zero attached hydrogens (tertiary/aromatic N) is 2. The molecule has 3 N–H and O–H groups in total. The zero-order valence-electron chi connectivity index (χ0n) is 16.9.